The zero-order valence-electron chi connectivity index (χ0n) is 14.1. The second kappa shape index (κ2) is 10.5. The lowest BCUT2D eigenvalue weighted by molar-refractivity contribution is -0.121. The van der Waals surface area contributed by atoms with Crippen LogP contribution >= 0.6 is 24.0 Å². The number of rotatable bonds is 6. The molecular formula is C15H28IN5O. The van der Waals surface area contributed by atoms with Gasteiger partial charge in [-0.05, 0) is 26.0 Å². The van der Waals surface area contributed by atoms with Gasteiger partial charge >= 0.3 is 0 Å². The summed E-state index contributed by atoms with van der Waals surface area (Å²) in [6.45, 7) is 5.25. The van der Waals surface area contributed by atoms with Crippen molar-refractivity contribution in [3.63, 3.8) is 0 Å². The van der Waals surface area contributed by atoms with Gasteiger partial charge in [-0.1, -0.05) is 0 Å². The summed E-state index contributed by atoms with van der Waals surface area (Å²) in [6, 6.07) is 4.28. The molecule has 1 amide bonds. The van der Waals surface area contributed by atoms with E-state index in [0.717, 1.165) is 12.5 Å². The molecule has 0 aliphatic carbocycles. The molecule has 1 aromatic rings. The number of amides is 1. The first-order valence-corrected chi connectivity index (χ1v) is 7.25. The minimum Gasteiger partial charge on any atom is -0.356 e. The Bertz CT molecular complexity index is 484. The van der Waals surface area contributed by atoms with Crippen molar-refractivity contribution in [3.05, 3.63) is 24.0 Å². The third-order valence-corrected chi connectivity index (χ3v) is 3.11. The Kier molecular flexibility index (Phi) is 9.88. The molecule has 0 aliphatic rings. The molecular weight excluding hydrogens is 393 g/mol. The van der Waals surface area contributed by atoms with Crippen LogP contribution in [-0.2, 0) is 18.4 Å². The van der Waals surface area contributed by atoms with Crippen molar-refractivity contribution in [1.29, 1.82) is 0 Å². The van der Waals surface area contributed by atoms with Crippen LogP contribution in [0, 0.1) is 0 Å². The largest absolute Gasteiger partial charge is 0.356 e. The van der Waals surface area contributed by atoms with Crippen molar-refractivity contribution < 1.29 is 4.79 Å². The average molecular weight is 421 g/mol. The Morgan fingerprint density at radius 1 is 1.45 bits per heavy atom. The van der Waals surface area contributed by atoms with Gasteiger partial charge in [0.15, 0.2) is 5.96 Å². The number of aliphatic imine (C=N–C) groups is 1. The summed E-state index contributed by atoms with van der Waals surface area (Å²) in [4.78, 5) is 17.9. The SMILES string of the molecule is CN=C(NCCC(=O)NC(C)C)N(C)Cc1cccn1C.I. The highest BCUT2D eigenvalue weighted by Crippen LogP contribution is 2.03. The number of carbonyl (C=O) groups excluding carboxylic acids is 1. The quantitative estimate of drug-likeness (QED) is 0.417. The lowest BCUT2D eigenvalue weighted by atomic mass is 10.3. The predicted molar refractivity (Wildman–Crippen MR) is 102 cm³/mol. The second-order valence-electron chi connectivity index (χ2n) is 5.41. The van der Waals surface area contributed by atoms with Crippen molar-refractivity contribution in [2.45, 2.75) is 32.9 Å². The summed E-state index contributed by atoms with van der Waals surface area (Å²) in [5.74, 6) is 0.839. The third-order valence-electron chi connectivity index (χ3n) is 3.11. The van der Waals surface area contributed by atoms with E-state index in [1.54, 1.807) is 7.05 Å². The molecule has 0 spiro atoms. The Morgan fingerprint density at radius 2 is 2.14 bits per heavy atom. The molecule has 1 aromatic heterocycles. The molecule has 0 saturated carbocycles. The van der Waals surface area contributed by atoms with Crippen LogP contribution < -0.4 is 10.6 Å². The molecule has 22 heavy (non-hydrogen) atoms. The average Bonchev–Trinajstić information content (AvgIpc) is 2.79. The van der Waals surface area contributed by atoms with Crippen LogP contribution in [0.5, 0.6) is 0 Å². The summed E-state index contributed by atoms with van der Waals surface area (Å²) < 4.78 is 2.08. The van der Waals surface area contributed by atoms with Crippen molar-refractivity contribution in [1.82, 2.24) is 20.1 Å². The number of aromatic nitrogens is 1. The molecule has 6 nitrogen and oxygen atoms in total. The molecule has 0 radical (unpaired) electrons. The zero-order chi connectivity index (χ0) is 15.8. The maximum atomic E-state index is 11.6. The van der Waals surface area contributed by atoms with Gasteiger partial charge < -0.3 is 20.1 Å². The highest BCUT2D eigenvalue weighted by molar-refractivity contribution is 14.0. The third kappa shape index (κ3) is 7.15. The maximum Gasteiger partial charge on any atom is 0.221 e. The summed E-state index contributed by atoms with van der Waals surface area (Å²) in [7, 11) is 5.75. The van der Waals surface area contributed by atoms with Gasteiger partial charge in [-0.15, -0.1) is 24.0 Å². The standard InChI is InChI=1S/C15H27N5O.HI/c1-12(2)18-14(21)8-9-17-15(16-3)20(5)11-13-7-6-10-19(13)4;/h6-7,10,12H,8-9,11H2,1-5H3,(H,16,17)(H,18,21);1H. The van der Waals surface area contributed by atoms with Gasteiger partial charge in [0.2, 0.25) is 5.91 Å². The first kappa shape index (κ1) is 20.8. The number of hydrogen-bond acceptors (Lipinski definition) is 2. The highest BCUT2D eigenvalue weighted by Gasteiger charge is 2.09. The number of aryl methyl sites for hydroxylation is 1. The van der Waals surface area contributed by atoms with E-state index < -0.39 is 0 Å². The van der Waals surface area contributed by atoms with Crippen LogP contribution in [0.3, 0.4) is 0 Å². The van der Waals surface area contributed by atoms with Crippen molar-refractivity contribution in [3.8, 4) is 0 Å². The smallest absolute Gasteiger partial charge is 0.221 e. The maximum absolute atomic E-state index is 11.6. The lowest BCUT2D eigenvalue weighted by Gasteiger charge is -2.22. The lowest BCUT2D eigenvalue weighted by Crippen LogP contribution is -2.41. The first-order chi connectivity index (χ1) is 9.93. The van der Waals surface area contributed by atoms with Crippen molar-refractivity contribution in [2.24, 2.45) is 12.0 Å². The van der Waals surface area contributed by atoms with E-state index in [1.165, 1.54) is 5.69 Å². The molecule has 7 heteroatoms. The van der Waals surface area contributed by atoms with E-state index >= 15 is 0 Å². The summed E-state index contributed by atoms with van der Waals surface area (Å²) in [6.07, 6.45) is 2.46. The number of hydrogen-bond donors (Lipinski definition) is 2. The number of nitrogens with zero attached hydrogens (tertiary/aromatic N) is 3. The fraction of sp³-hybridized carbons (Fsp3) is 0.600. The topological polar surface area (TPSA) is 61.7 Å². The zero-order valence-corrected chi connectivity index (χ0v) is 16.4. The molecule has 0 atom stereocenters. The Balaban J connectivity index is 0.00000441. The fourth-order valence-electron chi connectivity index (χ4n) is 2.05. The Hall–Kier alpha value is -1.25. The molecule has 126 valence electrons. The highest BCUT2D eigenvalue weighted by atomic mass is 127. The monoisotopic (exact) mass is 421 g/mol. The predicted octanol–water partition coefficient (Wildman–Crippen LogP) is 1.57. The van der Waals surface area contributed by atoms with E-state index in [-0.39, 0.29) is 35.9 Å². The van der Waals surface area contributed by atoms with E-state index in [9.17, 15) is 4.79 Å². The number of carbonyl (C=O) groups is 1. The molecule has 0 fully saturated rings. The Morgan fingerprint density at radius 3 is 2.64 bits per heavy atom. The molecule has 1 heterocycles. The van der Waals surface area contributed by atoms with Crippen molar-refractivity contribution >= 4 is 35.8 Å². The van der Waals surface area contributed by atoms with E-state index in [2.05, 4.69) is 26.3 Å². The van der Waals surface area contributed by atoms with Crippen molar-refractivity contribution in [2.75, 3.05) is 20.6 Å². The molecule has 0 aromatic carbocycles. The van der Waals surface area contributed by atoms with Gasteiger partial charge in [-0.25, -0.2) is 0 Å². The van der Waals surface area contributed by atoms with E-state index in [4.69, 9.17) is 0 Å². The van der Waals surface area contributed by atoms with Crippen LogP contribution in [0.1, 0.15) is 26.0 Å². The van der Waals surface area contributed by atoms with Crippen LogP contribution in [-0.4, -0.2) is 48.0 Å². The summed E-state index contributed by atoms with van der Waals surface area (Å²) >= 11 is 0. The molecule has 1 rings (SSSR count). The van der Waals surface area contributed by atoms with Gasteiger partial charge in [0.05, 0.1) is 6.54 Å². The van der Waals surface area contributed by atoms with Gasteiger partial charge in [0.25, 0.3) is 0 Å². The van der Waals surface area contributed by atoms with Crippen LogP contribution in [0.25, 0.3) is 0 Å². The van der Waals surface area contributed by atoms with Gasteiger partial charge in [-0.3, -0.25) is 9.79 Å². The van der Waals surface area contributed by atoms with Crippen LogP contribution in [0.2, 0.25) is 0 Å². The minimum atomic E-state index is 0. The fourth-order valence-corrected chi connectivity index (χ4v) is 2.05. The molecule has 0 aliphatic heterocycles. The van der Waals surface area contributed by atoms with Gasteiger partial charge in [0, 0.05) is 52.0 Å². The Labute approximate surface area is 150 Å². The minimum absolute atomic E-state index is 0. The van der Waals surface area contributed by atoms with Gasteiger partial charge in [0.1, 0.15) is 0 Å². The van der Waals surface area contributed by atoms with Gasteiger partial charge in [-0.2, -0.15) is 0 Å². The van der Waals surface area contributed by atoms with Crippen LogP contribution in [0.15, 0.2) is 23.3 Å². The summed E-state index contributed by atoms with van der Waals surface area (Å²) in [5, 5.41) is 6.08. The normalized spacial score (nSPS) is 11.1. The summed E-state index contributed by atoms with van der Waals surface area (Å²) in [5.41, 5.74) is 1.21. The van der Waals surface area contributed by atoms with E-state index in [0.29, 0.717) is 13.0 Å². The molecule has 0 bridgehead atoms. The molecule has 0 unspecified atom stereocenters. The van der Waals surface area contributed by atoms with E-state index in [1.807, 2.05) is 45.1 Å². The molecule has 2 N–H and O–H groups in total. The number of halogens is 1. The first-order valence-electron chi connectivity index (χ1n) is 7.25. The second-order valence-corrected chi connectivity index (χ2v) is 5.41. The number of guanidine groups is 1. The molecule has 0 saturated heterocycles. The number of nitrogens with one attached hydrogen (secondary N) is 2. The van der Waals surface area contributed by atoms with Crippen LogP contribution in [0.4, 0.5) is 0 Å².